The fourth-order valence-electron chi connectivity index (χ4n) is 2.47. The Kier molecular flexibility index (Phi) is 6.99. The van der Waals surface area contributed by atoms with Gasteiger partial charge in [0.1, 0.15) is 0 Å². The third kappa shape index (κ3) is 5.17. The monoisotopic (exact) mass is 431 g/mol. The highest BCUT2D eigenvalue weighted by molar-refractivity contribution is 7.87. The molecule has 0 amide bonds. The third-order valence-electron chi connectivity index (χ3n) is 4.01. The van der Waals surface area contributed by atoms with E-state index in [2.05, 4.69) is 5.10 Å². The van der Waals surface area contributed by atoms with Crippen molar-refractivity contribution >= 4 is 20.3 Å². The van der Waals surface area contributed by atoms with Gasteiger partial charge in [0.2, 0.25) is 0 Å². The molecule has 0 saturated heterocycles. The topological polar surface area (TPSA) is 119 Å². The van der Waals surface area contributed by atoms with Crippen molar-refractivity contribution in [2.24, 2.45) is 0 Å². The Labute approximate surface area is 165 Å². The molecule has 11 heteroatoms. The van der Waals surface area contributed by atoms with Gasteiger partial charge in [0.25, 0.3) is 10.1 Å². The number of hydrogen-bond donors (Lipinski definition) is 1. The van der Waals surface area contributed by atoms with E-state index in [1.807, 2.05) is 6.92 Å². The fourth-order valence-corrected chi connectivity index (χ4v) is 4.33. The second-order valence-electron chi connectivity index (χ2n) is 6.64. The zero-order valence-electron chi connectivity index (χ0n) is 16.2. The first-order valence-corrected chi connectivity index (χ1v) is 11.4. The summed E-state index contributed by atoms with van der Waals surface area (Å²) in [6.07, 6.45) is 0.716. The second kappa shape index (κ2) is 8.70. The van der Waals surface area contributed by atoms with E-state index in [1.165, 1.54) is 39.3 Å². The van der Waals surface area contributed by atoms with Gasteiger partial charge in [0.05, 0.1) is 29.5 Å². The third-order valence-corrected chi connectivity index (χ3v) is 7.01. The summed E-state index contributed by atoms with van der Waals surface area (Å²) in [6.45, 7) is 3.19. The molecule has 2 aromatic rings. The van der Waals surface area contributed by atoms with E-state index in [-0.39, 0.29) is 24.3 Å². The summed E-state index contributed by atoms with van der Waals surface area (Å²) in [4.78, 5) is 0.0492. The van der Waals surface area contributed by atoms with E-state index in [1.54, 1.807) is 12.1 Å². The molecule has 28 heavy (non-hydrogen) atoms. The van der Waals surface area contributed by atoms with Crippen LogP contribution in [0.25, 0.3) is 0 Å². The molecule has 156 valence electrons. The predicted molar refractivity (Wildman–Crippen MR) is 104 cm³/mol. The van der Waals surface area contributed by atoms with Crippen LogP contribution in [-0.2, 0) is 37.4 Å². The summed E-state index contributed by atoms with van der Waals surface area (Å²) in [5.41, 5.74) is 1.71. The Morgan fingerprint density at radius 3 is 2.32 bits per heavy atom. The molecule has 0 unspecified atom stereocenters. The zero-order valence-corrected chi connectivity index (χ0v) is 17.9. The first-order valence-electron chi connectivity index (χ1n) is 8.58. The Balaban J connectivity index is 2.20. The van der Waals surface area contributed by atoms with E-state index >= 15 is 0 Å². The van der Waals surface area contributed by atoms with Crippen molar-refractivity contribution in [2.45, 2.75) is 37.7 Å². The van der Waals surface area contributed by atoms with Crippen LogP contribution in [0.4, 0.5) is 0 Å². The van der Waals surface area contributed by atoms with Crippen LogP contribution in [-0.4, -0.2) is 62.2 Å². The molecule has 1 heterocycles. The minimum atomic E-state index is -3.92. The summed E-state index contributed by atoms with van der Waals surface area (Å²) >= 11 is 0. The number of hydrogen-bond acceptors (Lipinski definition) is 7. The van der Waals surface area contributed by atoms with Gasteiger partial charge < -0.3 is 5.11 Å². The van der Waals surface area contributed by atoms with Crippen LogP contribution >= 0.6 is 0 Å². The normalized spacial score (nSPS) is 13.8. The molecule has 0 aliphatic rings. The lowest BCUT2D eigenvalue weighted by atomic mass is 10.1. The summed E-state index contributed by atoms with van der Waals surface area (Å²) < 4.78 is 56.3. The molecule has 2 rings (SSSR count). The number of aromatic nitrogens is 2. The number of rotatable bonds is 9. The minimum Gasteiger partial charge on any atom is -0.393 e. The molecule has 0 radical (unpaired) electrons. The van der Waals surface area contributed by atoms with Crippen LogP contribution in [0.1, 0.15) is 23.7 Å². The lowest BCUT2D eigenvalue weighted by Gasteiger charge is -2.15. The van der Waals surface area contributed by atoms with Crippen molar-refractivity contribution in [3.8, 4) is 0 Å². The van der Waals surface area contributed by atoms with Crippen LogP contribution in [0.5, 0.6) is 0 Å². The summed E-state index contributed by atoms with van der Waals surface area (Å²) in [5.74, 6) is 0. The number of aliphatic hydroxyl groups excluding tert-OH is 1. The van der Waals surface area contributed by atoms with Gasteiger partial charge in [-0.2, -0.15) is 26.2 Å². The molecule has 0 aliphatic heterocycles. The molecule has 9 nitrogen and oxygen atoms in total. The SMILES string of the molecule is Cc1ccc(S(=O)(=O)OCCc2cnn(S(=O)(=O)N(C)C)c2C[C@@H](C)O)cc1. The van der Waals surface area contributed by atoms with Crippen molar-refractivity contribution in [1.82, 2.24) is 13.5 Å². The van der Waals surface area contributed by atoms with Gasteiger partial charge >= 0.3 is 10.2 Å². The Morgan fingerprint density at radius 1 is 1.18 bits per heavy atom. The maximum Gasteiger partial charge on any atom is 0.322 e. The average molecular weight is 432 g/mol. The Bertz CT molecular complexity index is 1010. The Hall–Kier alpha value is -1.79. The van der Waals surface area contributed by atoms with Crippen molar-refractivity contribution in [2.75, 3.05) is 20.7 Å². The molecule has 1 atom stereocenters. The molecule has 0 saturated carbocycles. The quantitative estimate of drug-likeness (QED) is 0.581. The van der Waals surface area contributed by atoms with E-state index in [9.17, 15) is 21.9 Å². The van der Waals surface area contributed by atoms with Gasteiger partial charge in [-0.15, -0.1) is 4.09 Å². The predicted octanol–water partition coefficient (Wildman–Crippen LogP) is 0.717. The lowest BCUT2D eigenvalue weighted by molar-refractivity contribution is 0.193. The molecular formula is C17H25N3O6S2. The second-order valence-corrected chi connectivity index (χ2v) is 10.2. The Morgan fingerprint density at radius 2 is 1.79 bits per heavy atom. The highest BCUT2D eigenvalue weighted by Crippen LogP contribution is 2.18. The standard InChI is InChI=1S/C17H25N3O6S2/c1-13-5-7-16(8-6-13)27(22,23)26-10-9-15-12-18-20(17(15)11-14(2)21)28(24,25)19(3)4/h5-8,12,14,21H,9-11H2,1-4H3/t14-/m1/s1. The molecule has 1 aromatic carbocycles. The van der Waals surface area contributed by atoms with E-state index in [4.69, 9.17) is 4.18 Å². The largest absolute Gasteiger partial charge is 0.393 e. The fraction of sp³-hybridized carbons (Fsp3) is 0.471. The summed E-state index contributed by atoms with van der Waals surface area (Å²) in [7, 11) is -5.04. The van der Waals surface area contributed by atoms with Gasteiger partial charge in [-0.1, -0.05) is 17.7 Å². The molecular weight excluding hydrogens is 406 g/mol. The zero-order chi connectivity index (χ0) is 21.1. The maximum absolute atomic E-state index is 12.4. The van der Waals surface area contributed by atoms with E-state index < -0.39 is 26.4 Å². The number of aryl methyl sites for hydroxylation is 1. The van der Waals surface area contributed by atoms with Crippen LogP contribution in [0.3, 0.4) is 0 Å². The molecule has 1 N–H and O–H groups in total. The van der Waals surface area contributed by atoms with Crippen LogP contribution in [0.15, 0.2) is 35.4 Å². The van der Waals surface area contributed by atoms with E-state index in [0.29, 0.717) is 11.3 Å². The molecule has 0 fully saturated rings. The van der Waals surface area contributed by atoms with Gasteiger partial charge in [-0.25, -0.2) is 0 Å². The van der Waals surface area contributed by atoms with Gasteiger partial charge in [0.15, 0.2) is 0 Å². The lowest BCUT2D eigenvalue weighted by Crippen LogP contribution is -2.31. The number of benzene rings is 1. The van der Waals surface area contributed by atoms with Crippen LogP contribution in [0.2, 0.25) is 0 Å². The van der Waals surface area contributed by atoms with Crippen molar-refractivity contribution < 1.29 is 26.1 Å². The first-order chi connectivity index (χ1) is 12.9. The average Bonchev–Trinajstić information content (AvgIpc) is 2.97. The molecule has 0 aliphatic carbocycles. The van der Waals surface area contributed by atoms with Gasteiger partial charge in [0, 0.05) is 26.9 Å². The molecule has 0 spiro atoms. The minimum absolute atomic E-state index is 0.0487. The van der Waals surface area contributed by atoms with Crippen molar-refractivity contribution in [3.63, 3.8) is 0 Å². The number of aliphatic hydroxyl groups is 1. The van der Waals surface area contributed by atoms with Crippen molar-refractivity contribution in [3.05, 3.63) is 47.3 Å². The van der Waals surface area contributed by atoms with Crippen LogP contribution in [0, 0.1) is 6.92 Å². The van der Waals surface area contributed by atoms with Crippen LogP contribution < -0.4 is 0 Å². The molecule has 0 bridgehead atoms. The maximum atomic E-state index is 12.4. The van der Waals surface area contributed by atoms with Crippen molar-refractivity contribution in [1.29, 1.82) is 0 Å². The van der Waals surface area contributed by atoms with E-state index in [0.717, 1.165) is 14.0 Å². The highest BCUT2D eigenvalue weighted by atomic mass is 32.2. The van der Waals surface area contributed by atoms with Gasteiger partial charge in [-0.05, 0) is 31.5 Å². The number of nitrogens with zero attached hydrogens (tertiary/aromatic N) is 3. The first kappa shape index (κ1) is 22.5. The summed E-state index contributed by atoms with van der Waals surface area (Å²) in [5, 5.41) is 13.6. The van der Waals surface area contributed by atoms with Gasteiger partial charge in [-0.3, -0.25) is 4.18 Å². The molecule has 1 aromatic heterocycles. The summed E-state index contributed by atoms with van der Waals surface area (Å²) in [6, 6.07) is 6.27. The smallest absolute Gasteiger partial charge is 0.322 e. The highest BCUT2D eigenvalue weighted by Gasteiger charge is 2.25.